The number of H-pyrrole nitrogens is 1. The van der Waals surface area contributed by atoms with E-state index in [0.717, 1.165) is 27.7 Å². The van der Waals surface area contributed by atoms with Crippen LogP contribution in [0.3, 0.4) is 0 Å². The van der Waals surface area contributed by atoms with E-state index < -0.39 is 24.0 Å². The molecule has 5 heteroatoms. The number of amides is 1. The van der Waals surface area contributed by atoms with Crippen LogP contribution < -0.4 is 0 Å². The number of fused-ring (bicyclic) bond motifs is 3. The van der Waals surface area contributed by atoms with Gasteiger partial charge < -0.3 is 14.6 Å². The monoisotopic (exact) mass is 358 g/mol. The summed E-state index contributed by atoms with van der Waals surface area (Å²) in [4.78, 5) is 30.1. The van der Waals surface area contributed by atoms with Crippen LogP contribution >= 0.6 is 0 Å². The van der Waals surface area contributed by atoms with E-state index in [1.165, 1.54) is 12.0 Å². The molecule has 0 unspecified atom stereocenters. The number of aromatic nitrogens is 1. The van der Waals surface area contributed by atoms with Crippen LogP contribution in [0.4, 0.5) is 0 Å². The van der Waals surface area contributed by atoms with Crippen molar-refractivity contribution in [3.05, 3.63) is 71.4 Å². The van der Waals surface area contributed by atoms with E-state index in [-0.39, 0.29) is 0 Å². The first-order valence-electron chi connectivity index (χ1n) is 8.67. The van der Waals surface area contributed by atoms with Gasteiger partial charge in [0.15, 0.2) is 0 Å². The van der Waals surface area contributed by atoms with E-state index in [2.05, 4.69) is 10.9 Å². The van der Waals surface area contributed by atoms with Gasteiger partial charge in [-0.25, -0.2) is 4.79 Å². The molecule has 3 aromatic rings. The minimum absolute atomic E-state index is 0.350. The number of nitrogens with one attached hydrogen (secondary N) is 1. The van der Waals surface area contributed by atoms with Crippen LogP contribution in [0.2, 0.25) is 0 Å². The smallest absolute Gasteiger partial charge is 0.328 e. The second-order valence-electron chi connectivity index (χ2n) is 6.48. The van der Waals surface area contributed by atoms with Crippen molar-refractivity contribution in [1.82, 2.24) is 9.88 Å². The molecule has 2 aromatic carbocycles. The lowest BCUT2D eigenvalue weighted by Gasteiger charge is -2.39. The minimum atomic E-state index is -0.782. The molecule has 1 amide bonds. The maximum absolute atomic E-state index is 12.7. The van der Waals surface area contributed by atoms with E-state index in [0.29, 0.717) is 6.42 Å². The topological polar surface area (TPSA) is 62.4 Å². The third-order valence-corrected chi connectivity index (χ3v) is 5.08. The molecule has 5 nitrogen and oxygen atoms in total. The van der Waals surface area contributed by atoms with Crippen molar-refractivity contribution >= 4 is 22.8 Å². The molecule has 1 aliphatic heterocycles. The van der Waals surface area contributed by atoms with Crippen molar-refractivity contribution in [2.45, 2.75) is 18.5 Å². The maximum atomic E-state index is 12.7. The lowest BCUT2D eigenvalue weighted by atomic mass is 9.88. The Morgan fingerprint density at radius 3 is 2.56 bits per heavy atom. The van der Waals surface area contributed by atoms with Crippen LogP contribution in [0.5, 0.6) is 0 Å². The van der Waals surface area contributed by atoms with Gasteiger partial charge in [0.1, 0.15) is 6.04 Å². The van der Waals surface area contributed by atoms with Crippen molar-refractivity contribution in [3.63, 3.8) is 0 Å². The fourth-order valence-electron chi connectivity index (χ4n) is 3.91. The molecule has 2 heterocycles. The molecule has 0 fully saturated rings. The Bertz CT molecular complexity index is 1060. The number of benzene rings is 2. The number of aromatic amines is 1. The molecule has 134 valence electrons. The summed E-state index contributed by atoms with van der Waals surface area (Å²) in [6, 6.07) is 16.2. The summed E-state index contributed by atoms with van der Waals surface area (Å²) in [7, 11) is 1.32. The maximum Gasteiger partial charge on any atom is 0.328 e. The predicted octanol–water partition coefficient (Wildman–Crippen LogP) is 2.82. The van der Waals surface area contributed by atoms with Crippen LogP contribution in [0.25, 0.3) is 10.9 Å². The Hall–Kier alpha value is -3.52. The number of para-hydroxylation sites is 1. The molecular formula is C22H18N2O3. The van der Waals surface area contributed by atoms with Gasteiger partial charge in [0.2, 0.25) is 0 Å². The molecule has 0 radical (unpaired) electrons. The van der Waals surface area contributed by atoms with Gasteiger partial charge in [-0.15, -0.1) is 6.42 Å². The first kappa shape index (κ1) is 16.9. The number of esters is 1. The molecule has 4 rings (SSSR count). The van der Waals surface area contributed by atoms with Gasteiger partial charge in [0.05, 0.1) is 13.2 Å². The molecule has 0 saturated heterocycles. The highest BCUT2D eigenvalue weighted by atomic mass is 16.5. The Labute approximate surface area is 156 Å². The van der Waals surface area contributed by atoms with Crippen molar-refractivity contribution < 1.29 is 14.3 Å². The summed E-state index contributed by atoms with van der Waals surface area (Å²) in [5.74, 6) is 1.16. The standard InChI is InChI=1S/C22H18N2O3/c1-3-19(25)24-18(22(26)27-2)13-16-15-11-7-8-12-17(15)23-20(16)21(24)14-9-5-4-6-10-14/h1,4-12,18,21,23H,13H2,2H3/t18-,21+/m1/s1. The number of methoxy groups -OCH3 is 1. The normalized spacial score (nSPS) is 18.6. The average Bonchev–Trinajstić information content (AvgIpc) is 3.10. The number of carbonyl (C=O) groups is 2. The zero-order valence-electron chi connectivity index (χ0n) is 14.8. The Morgan fingerprint density at radius 1 is 1.15 bits per heavy atom. The fourth-order valence-corrected chi connectivity index (χ4v) is 3.91. The molecule has 2 atom stereocenters. The summed E-state index contributed by atoms with van der Waals surface area (Å²) >= 11 is 0. The number of rotatable bonds is 2. The van der Waals surface area contributed by atoms with Gasteiger partial charge in [0.25, 0.3) is 5.91 Å². The molecule has 1 N–H and O–H groups in total. The number of carbonyl (C=O) groups excluding carboxylic acids is 2. The molecule has 1 aromatic heterocycles. The summed E-state index contributed by atoms with van der Waals surface area (Å²) in [5, 5.41) is 1.04. The first-order chi connectivity index (χ1) is 13.2. The Morgan fingerprint density at radius 2 is 1.85 bits per heavy atom. The average molecular weight is 358 g/mol. The van der Waals surface area contributed by atoms with Gasteiger partial charge in [-0.05, 0) is 23.1 Å². The molecule has 0 saturated carbocycles. The van der Waals surface area contributed by atoms with Crippen molar-refractivity contribution in [3.8, 4) is 12.3 Å². The molecule has 27 heavy (non-hydrogen) atoms. The molecule has 0 spiro atoms. The molecule has 0 bridgehead atoms. The quantitative estimate of drug-likeness (QED) is 0.566. The van der Waals surface area contributed by atoms with E-state index in [9.17, 15) is 9.59 Å². The van der Waals surface area contributed by atoms with E-state index in [1.54, 1.807) is 0 Å². The van der Waals surface area contributed by atoms with Crippen molar-refractivity contribution in [2.24, 2.45) is 0 Å². The van der Waals surface area contributed by atoms with Crippen LogP contribution in [-0.2, 0) is 20.7 Å². The SMILES string of the molecule is C#CC(=O)N1[C@@H](c2ccccc2)c2[nH]c3ccccc3c2C[C@@H]1C(=O)OC. The highest BCUT2D eigenvalue weighted by Gasteiger charge is 2.43. The lowest BCUT2D eigenvalue weighted by molar-refractivity contribution is -0.153. The van der Waals surface area contributed by atoms with E-state index >= 15 is 0 Å². The predicted molar refractivity (Wildman–Crippen MR) is 102 cm³/mol. The van der Waals surface area contributed by atoms with Crippen molar-refractivity contribution in [2.75, 3.05) is 7.11 Å². The second kappa shape index (κ2) is 6.65. The number of hydrogen-bond donors (Lipinski definition) is 1. The van der Waals surface area contributed by atoms with Gasteiger partial charge in [-0.2, -0.15) is 0 Å². The second-order valence-corrected chi connectivity index (χ2v) is 6.48. The third kappa shape index (κ3) is 2.67. The van der Waals surface area contributed by atoms with Crippen LogP contribution in [0.15, 0.2) is 54.6 Å². The van der Waals surface area contributed by atoms with Gasteiger partial charge in [0, 0.05) is 23.0 Å². The lowest BCUT2D eigenvalue weighted by Crippen LogP contribution is -2.51. The van der Waals surface area contributed by atoms with E-state index in [4.69, 9.17) is 11.2 Å². The summed E-state index contributed by atoms with van der Waals surface area (Å²) in [6.07, 6.45) is 5.79. The number of hydrogen-bond acceptors (Lipinski definition) is 3. The Balaban J connectivity index is 2.00. The fraction of sp³-hybridized carbons (Fsp3) is 0.182. The van der Waals surface area contributed by atoms with Crippen LogP contribution in [-0.4, -0.2) is 34.9 Å². The largest absolute Gasteiger partial charge is 0.467 e. The Kier molecular flexibility index (Phi) is 4.17. The first-order valence-corrected chi connectivity index (χ1v) is 8.67. The molecule has 1 aliphatic rings. The third-order valence-electron chi connectivity index (χ3n) is 5.08. The summed E-state index contributed by atoms with van der Waals surface area (Å²) in [5.41, 5.74) is 3.73. The van der Waals surface area contributed by atoms with E-state index in [1.807, 2.05) is 54.6 Å². The number of ether oxygens (including phenoxy) is 1. The number of nitrogens with zero attached hydrogens (tertiary/aromatic N) is 1. The van der Waals surface area contributed by atoms with Crippen LogP contribution in [0.1, 0.15) is 22.9 Å². The molecule has 0 aliphatic carbocycles. The van der Waals surface area contributed by atoms with Gasteiger partial charge in [-0.1, -0.05) is 48.5 Å². The van der Waals surface area contributed by atoms with Gasteiger partial charge >= 0.3 is 5.97 Å². The highest BCUT2D eigenvalue weighted by Crippen LogP contribution is 2.41. The molecular weight excluding hydrogens is 340 g/mol. The zero-order chi connectivity index (χ0) is 19.0. The minimum Gasteiger partial charge on any atom is -0.467 e. The van der Waals surface area contributed by atoms with Gasteiger partial charge in [-0.3, -0.25) is 4.79 Å². The summed E-state index contributed by atoms with van der Waals surface area (Å²) in [6.45, 7) is 0. The zero-order valence-corrected chi connectivity index (χ0v) is 14.8. The number of terminal acetylenes is 1. The highest BCUT2D eigenvalue weighted by molar-refractivity contribution is 5.98. The van der Waals surface area contributed by atoms with Crippen LogP contribution in [0, 0.1) is 12.3 Å². The van der Waals surface area contributed by atoms with Crippen molar-refractivity contribution in [1.29, 1.82) is 0 Å². The summed E-state index contributed by atoms with van der Waals surface area (Å²) < 4.78 is 4.99.